The molecule has 3 N–H and O–H groups in total. The molecule has 0 fully saturated rings. The van der Waals surface area contributed by atoms with Crippen molar-refractivity contribution in [2.75, 3.05) is 6.54 Å². The minimum atomic E-state index is -7.11. The summed E-state index contributed by atoms with van der Waals surface area (Å²) in [4.78, 5) is 10.3. The molecule has 132 valence electrons. The summed E-state index contributed by atoms with van der Waals surface area (Å²) >= 11 is 0. The van der Waals surface area contributed by atoms with Gasteiger partial charge in [-0.1, -0.05) is 0 Å². The van der Waals surface area contributed by atoms with Crippen LogP contribution in [0.1, 0.15) is 6.92 Å². The van der Waals surface area contributed by atoms with E-state index >= 15 is 0 Å². The van der Waals surface area contributed by atoms with Gasteiger partial charge in [-0.2, -0.15) is 39.5 Å². The predicted molar refractivity (Wildman–Crippen MR) is 52.0 cm³/mol. The Morgan fingerprint density at radius 3 is 1.73 bits per heavy atom. The summed E-state index contributed by atoms with van der Waals surface area (Å²) < 4.78 is 112. The Kier molecular flexibility index (Phi) is 5.76. The van der Waals surface area contributed by atoms with Crippen molar-refractivity contribution in [3.8, 4) is 0 Å². The zero-order valence-electron chi connectivity index (χ0n) is 10.6. The first-order valence-electron chi connectivity index (χ1n) is 5.34. The molecule has 2 atom stereocenters. The molecule has 22 heavy (non-hydrogen) atoms. The van der Waals surface area contributed by atoms with Gasteiger partial charge in [-0.05, 0) is 6.92 Å². The lowest BCUT2D eigenvalue weighted by atomic mass is 9.99. The lowest BCUT2D eigenvalue weighted by molar-refractivity contribution is -0.405. The number of hydrogen-bond acceptors (Lipinski definition) is 3. The van der Waals surface area contributed by atoms with E-state index in [1.807, 2.05) is 0 Å². The van der Waals surface area contributed by atoms with Crippen LogP contribution in [0.4, 0.5) is 39.5 Å². The molecule has 0 saturated carbocycles. The molecular weight excluding hydrogens is 341 g/mol. The van der Waals surface area contributed by atoms with Crippen LogP contribution in [-0.2, 0) is 4.79 Å². The highest BCUT2D eigenvalue weighted by Gasteiger charge is 2.82. The summed E-state index contributed by atoms with van der Waals surface area (Å²) in [7, 11) is 0. The number of rotatable bonds is 7. The van der Waals surface area contributed by atoms with Crippen LogP contribution < -0.4 is 5.32 Å². The zero-order valence-corrected chi connectivity index (χ0v) is 10.6. The molecule has 0 aliphatic carbocycles. The average Bonchev–Trinajstić information content (AvgIpc) is 2.33. The molecule has 0 aliphatic heterocycles. The molecule has 0 rings (SSSR count). The van der Waals surface area contributed by atoms with Crippen LogP contribution in [0.3, 0.4) is 0 Å². The number of nitrogens with one attached hydrogen (secondary N) is 1. The van der Waals surface area contributed by atoms with Crippen molar-refractivity contribution in [3.05, 3.63) is 0 Å². The first kappa shape index (κ1) is 20.8. The fourth-order valence-corrected chi connectivity index (χ4v) is 1.10. The number of halogens is 9. The molecule has 0 heterocycles. The van der Waals surface area contributed by atoms with Gasteiger partial charge in [-0.25, -0.2) is 0 Å². The number of alkyl halides is 9. The standard InChI is InChI=1S/C9H10F9NO3/c1-3(5(21)22)19-2-4(20)6(10,11)7(12,13)8(14,15)9(16,17)18/h3-4,19-20H,2H2,1H3,(H,21,22)/t3-,4+/m0/s1. The minimum Gasteiger partial charge on any atom is -0.480 e. The van der Waals surface area contributed by atoms with E-state index in [9.17, 15) is 44.3 Å². The number of carboxylic acid groups (broad SMARTS) is 1. The Hall–Kier alpha value is -1.24. The highest BCUT2D eigenvalue weighted by Crippen LogP contribution is 2.53. The van der Waals surface area contributed by atoms with E-state index in [0.29, 0.717) is 0 Å². The third kappa shape index (κ3) is 3.56. The average molecular weight is 351 g/mol. The number of carboxylic acids is 1. The summed E-state index contributed by atoms with van der Waals surface area (Å²) in [5.41, 5.74) is 0. The number of aliphatic carboxylic acids is 1. The molecule has 0 aromatic rings. The molecule has 0 aliphatic rings. The van der Waals surface area contributed by atoms with Crippen LogP contribution in [0.5, 0.6) is 0 Å². The fourth-order valence-electron chi connectivity index (χ4n) is 1.10. The first-order valence-corrected chi connectivity index (χ1v) is 5.34. The summed E-state index contributed by atoms with van der Waals surface area (Å²) in [6.45, 7) is -0.834. The Labute approximate surface area is 116 Å². The smallest absolute Gasteiger partial charge is 0.460 e. The molecule has 0 amide bonds. The molecule has 0 radical (unpaired) electrons. The molecule has 0 aromatic carbocycles. The molecule has 0 bridgehead atoms. The molecular formula is C9H10F9NO3. The first-order chi connectivity index (χ1) is 9.50. The van der Waals surface area contributed by atoms with Gasteiger partial charge in [0.15, 0.2) is 0 Å². The summed E-state index contributed by atoms with van der Waals surface area (Å²) in [5.74, 6) is -21.9. The Morgan fingerprint density at radius 1 is 1.00 bits per heavy atom. The lowest BCUT2D eigenvalue weighted by Gasteiger charge is -2.36. The van der Waals surface area contributed by atoms with E-state index in [0.717, 1.165) is 6.92 Å². The highest BCUT2D eigenvalue weighted by molar-refractivity contribution is 5.72. The second kappa shape index (κ2) is 6.10. The van der Waals surface area contributed by atoms with Crippen molar-refractivity contribution in [2.24, 2.45) is 0 Å². The van der Waals surface area contributed by atoms with Gasteiger partial charge in [0.2, 0.25) is 0 Å². The molecule has 0 spiro atoms. The maximum atomic E-state index is 13.1. The Balaban J connectivity index is 5.31. The Bertz CT molecular complexity index is 410. The van der Waals surface area contributed by atoms with Crippen molar-refractivity contribution < 1.29 is 54.5 Å². The summed E-state index contributed by atoms with van der Waals surface area (Å²) in [6, 6.07) is -1.65. The second-order valence-corrected chi connectivity index (χ2v) is 4.25. The zero-order chi connectivity index (χ0) is 18.1. The van der Waals surface area contributed by atoms with Crippen LogP contribution in [0.15, 0.2) is 0 Å². The van der Waals surface area contributed by atoms with Crippen molar-refractivity contribution in [3.63, 3.8) is 0 Å². The summed E-state index contributed by atoms with van der Waals surface area (Å²) in [5, 5.41) is 18.7. The van der Waals surface area contributed by atoms with Gasteiger partial charge in [0, 0.05) is 6.54 Å². The van der Waals surface area contributed by atoms with E-state index in [4.69, 9.17) is 10.2 Å². The third-order valence-corrected chi connectivity index (χ3v) is 2.58. The fraction of sp³-hybridized carbons (Fsp3) is 0.889. The van der Waals surface area contributed by atoms with Gasteiger partial charge in [-0.3, -0.25) is 4.79 Å². The second-order valence-electron chi connectivity index (χ2n) is 4.25. The largest absolute Gasteiger partial charge is 0.480 e. The number of hydrogen-bond donors (Lipinski definition) is 3. The highest BCUT2D eigenvalue weighted by atomic mass is 19.4. The third-order valence-electron chi connectivity index (χ3n) is 2.58. The van der Waals surface area contributed by atoms with Crippen LogP contribution >= 0.6 is 0 Å². The van der Waals surface area contributed by atoms with Gasteiger partial charge in [-0.15, -0.1) is 0 Å². The van der Waals surface area contributed by atoms with Gasteiger partial charge >= 0.3 is 29.9 Å². The molecule has 0 aromatic heterocycles. The van der Waals surface area contributed by atoms with E-state index in [-0.39, 0.29) is 0 Å². The van der Waals surface area contributed by atoms with Gasteiger partial charge in [0.25, 0.3) is 0 Å². The van der Waals surface area contributed by atoms with Crippen LogP contribution in [-0.4, -0.2) is 58.8 Å². The lowest BCUT2D eigenvalue weighted by Crippen LogP contribution is -2.65. The number of carbonyl (C=O) groups is 1. The topological polar surface area (TPSA) is 69.6 Å². The maximum absolute atomic E-state index is 13.1. The SMILES string of the molecule is C[C@H](NC[C@@H](O)C(F)(F)C(F)(F)C(F)(F)C(F)(F)F)C(=O)O. The Morgan fingerprint density at radius 2 is 1.41 bits per heavy atom. The van der Waals surface area contributed by atoms with E-state index < -0.39 is 48.6 Å². The molecule has 13 heteroatoms. The van der Waals surface area contributed by atoms with E-state index in [2.05, 4.69) is 0 Å². The molecule has 4 nitrogen and oxygen atoms in total. The predicted octanol–water partition coefficient (Wildman–Crippen LogP) is 1.88. The normalized spacial score (nSPS) is 17.2. The minimum absolute atomic E-state index is 0.829. The van der Waals surface area contributed by atoms with Crippen molar-refractivity contribution in [1.29, 1.82) is 0 Å². The molecule has 0 unspecified atom stereocenters. The van der Waals surface area contributed by atoms with Crippen molar-refractivity contribution in [1.82, 2.24) is 5.32 Å². The van der Waals surface area contributed by atoms with Crippen LogP contribution in [0.25, 0.3) is 0 Å². The van der Waals surface area contributed by atoms with Crippen LogP contribution in [0.2, 0.25) is 0 Å². The molecule has 0 saturated heterocycles. The van der Waals surface area contributed by atoms with Crippen molar-refractivity contribution in [2.45, 2.75) is 43.0 Å². The number of aliphatic hydroxyl groups excluding tert-OH is 1. The quantitative estimate of drug-likeness (QED) is 0.613. The van der Waals surface area contributed by atoms with E-state index in [1.54, 1.807) is 5.32 Å². The maximum Gasteiger partial charge on any atom is 0.460 e. The van der Waals surface area contributed by atoms with Crippen molar-refractivity contribution >= 4 is 5.97 Å². The van der Waals surface area contributed by atoms with Gasteiger partial charge in [0.1, 0.15) is 12.1 Å². The monoisotopic (exact) mass is 351 g/mol. The van der Waals surface area contributed by atoms with Gasteiger partial charge < -0.3 is 15.5 Å². The van der Waals surface area contributed by atoms with Crippen LogP contribution in [0, 0.1) is 0 Å². The number of aliphatic hydroxyl groups is 1. The van der Waals surface area contributed by atoms with Gasteiger partial charge in [0.05, 0.1) is 0 Å². The van der Waals surface area contributed by atoms with E-state index in [1.165, 1.54) is 0 Å². The summed E-state index contributed by atoms with van der Waals surface area (Å²) in [6.07, 6.45) is -10.7.